The summed E-state index contributed by atoms with van der Waals surface area (Å²) in [7, 11) is -2.62. The molecule has 0 bridgehead atoms. The highest BCUT2D eigenvalue weighted by molar-refractivity contribution is 7.38. The molecule has 0 heterocycles. The van der Waals surface area contributed by atoms with Gasteiger partial charge in [-0.15, -0.1) is 0 Å². The van der Waals surface area contributed by atoms with Gasteiger partial charge >= 0.3 is 20.5 Å². The molecular formula is C4H7O7P. The maximum absolute atomic E-state index is 9.55. The van der Waals surface area contributed by atoms with Gasteiger partial charge in [0.05, 0.1) is 0 Å². The minimum atomic E-state index is -2.62. The first kappa shape index (κ1) is 13.6. The van der Waals surface area contributed by atoms with E-state index in [-0.39, 0.29) is 0 Å². The van der Waals surface area contributed by atoms with Crippen molar-refractivity contribution in [1.29, 1.82) is 0 Å². The number of hydrogen-bond acceptors (Lipinski definition) is 5. The SMILES string of the molecule is O=C(O)/C=C\C(=O)O.OP(O)O. The number of aliphatic carboxylic acids is 2. The van der Waals surface area contributed by atoms with Crippen molar-refractivity contribution in [2.45, 2.75) is 0 Å². The molecule has 5 N–H and O–H groups in total. The van der Waals surface area contributed by atoms with E-state index < -0.39 is 20.5 Å². The zero-order valence-electron chi connectivity index (χ0n) is 5.65. The Balaban J connectivity index is 0. The van der Waals surface area contributed by atoms with E-state index in [1.54, 1.807) is 0 Å². The zero-order valence-corrected chi connectivity index (χ0v) is 6.55. The summed E-state index contributed by atoms with van der Waals surface area (Å²) in [4.78, 5) is 40.8. The molecule has 0 saturated carbocycles. The van der Waals surface area contributed by atoms with Crippen molar-refractivity contribution >= 4 is 20.5 Å². The third-order valence-corrected chi connectivity index (χ3v) is 0.368. The molecule has 0 radical (unpaired) electrons. The second kappa shape index (κ2) is 8.09. The van der Waals surface area contributed by atoms with Crippen LogP contribution in [0.3, 0.4) is 0 Å². The lowest BCUT2D eigenvalue weighted by Crippen LogP contribution is -1.91. The van der Waals surface area contributed by atoms with Crippen LogP contribution in [0.25, 0.3) is 0 Å². The average Bonchev–Trinajstić information content (AvgIpc) is 1.82. The molecule has 8 heteroatoms. The third kappa shape index (κ3) is 36.1. The summed E-state index contributed by atoms with van der Waals surface area (Å²) < 4.78 is 0. The van der Waals surface area contributed by atoms with Gasteiger partial charge in [0.2, 0.25) is 0 Å². The average molecular weight is 198 g/mol. The smallest absolute Gasteiger partial charge is 0.328 e. The summed E-state index contributed by atoms with van der Waals surface area (Å²) in [6.45, 7) is 0. The lowest BCUT2D eigenvalue weighted by atomic mass is 10.5. The highest BCUT2D eigenvalue weighted by atomic mass is 31.2. The van der Waals surface area contributed by atoms with E-state index in [2.05, 4.69) is 0 Å². The van der Waals surface area contributed by atoms with E-state index in [0.717, 1.165) is 0 Å². The van der Waals surface area contributed by atoms with Crippen molar-refractivity contribution in [2.75, 3.05) is 0 Å². The lowest BCUT2D eigenvalue weighted by Gasteiger charge is -1.76. The van der Waals surface area contributed by atoms with Crippen LogP contribution in [-0.4, -0.2) is 36.8 Å². The topological polar surface area (TPSA) is 135 Å². The fraction of sp³-hybridized carbons (Fsp3) is 0. The molecule has 0 aliphatic rings. The maximum atomic E-state index is 9.55. The zero-order chi connectivity index (χ0) is 10.1. The Morgan fingerprint density at radius 1 is 0.917 bits per heavy atom. The molecule has 12 heavy (non-hydrogen) atoms. The summed E-state index contributed by atoms with van der Waals surface area (Å²) in [6.07, 6.45) is 1.12. The Morgan fingerprint density at radius 2 is 1.08 bits per heavy atom. The van der Waals surface area contributed by atoms with Crippen LogP contribution in [0.5, 0.6) is 0 Å². The predicted molar refractivity (Wildman–Crippen MR) is 38.0 cm³/mol. The Kier molecular flexibility index (Phi) is 9.15. The quantitative estimate of drug-likeness (QED) is 0.280. The molecule has 0 saturated heterocycles. The van der Waals surface area contributed by atoms with E-state index in [9.17, 15) is 9.59 Å². The molecule has 0 aliphatic heterocycles. The van der Waals surface area contributed by atoms with Crippen LogP contribution >= 0.6 is 8.60 Å². The van der Waals surface area contributed by atoms with Crippen molar-refractivity contribution in [2.24, 2.45) is 0 Å². The lowest BCUT2D eigenvalue weighted by molar-refractivity contribution is -0.134. The highest BCUT2D eigenvalue weighted by Gasteiger charge is 1.88. The predicted octanol–water partition coefficient (Wildman–Crippen LogP) is -1.10. The minimum absolute atomic E-state index is 0.558. The number of carboxylic acids is 2. The van der Waals surface area contributed by atoms with Crippen molar-refractivity contribution in [3.8, 4) is 0 Å². The first-order valence-corrected chi connectivity index (χ1v) is 3.57. The van der Waals surface area contributed by atoms with Crippen molar-refractivity contribution < 1.29 is 34.5 Å². The molecule has 0 aromatic heterocycles. The molecule has 70 valence electrons. The van der Waals surface area contributed by atoms with Crippen molar-refractivity contribution in [3.05, 3.63) is 12.2 Å². The van der Waals surface area contributed by atoms with Gasteiger partial charge in [0, 0.05) is 12.2 Å². The van der Waals surface area contributed by atoms with Gasteiger partial charge in [0.1, 0.15) is 0 Å². The molecule has 0 rings (SSSR count). The van der Waals surface area contributed by atoms with Crippen molar-refractivity contribution in [3.63, 3.8) is 0 Å². The molecule has 0 unspecified atom stereocenters. The van der Waals surface area contributed by atoms with Gasteiger partial charge in [0.25, 0.3) is 0 Å². The Hall–Kier alpha value is -1.01. The summed E-state index contributed by atoms with van der Waals surface area (Å²) in [6, 6.07) is 0. The van der Waals surface area contributed by atoms with Crippen LogP contribution in [0.15, 0.2) is 12.2 Å². The Labute approximate surface area is 68.2 Å². The van der Waals surface area contributed by atoms with E-state index in [4.69, 9.17) is 24.9 Å². The molecule has 0 fully saturated rings. The molecule has 0 aliphatic carbocycles. The van der Waals surface area contributed by atoms with Crippen LogP contribution < -0.4 is 0 Å². The van der Waals surface area contributed by atoms with Crippen LogP contribution in [0.1, 0.15) is 0 Å². The van der Waals surface area contributed by atoms with Gasteiger partial charge < -0.3 is 24.9 Å². The minimum Gasteiger partial charge on any atom is -0.478 e. The van der Waals surface area contributed by atoms with Crippen LogP contribution in [0, 0.1) is 0 Å². The Bertz CT molecular complexity index is 155. The van der Waals surface area contributed by atoms with E-state index in [0.29, 0.717) is 12.2 Å². The van der Waals surface area contributed by atoms with Gasteiger partial charge in [-0.05, 0) is 0 Å². The second-order valence-electron chi connectivity index (χ2n) is 1.28. The molecule has 7 nitrogen and oxygen atoms in total. The van der Waals surface area contributed by atoms with Gasteiger partial charge in [-0.2, -0.15) is 0 Å². The largest absolute Gasteiger partial charge is 0.478 e. The molecule has 0 aromatic rings. The van der Waals surface area contributed by atoms with Gasteiger partial charge in [-0.1, -0.05) is 0 Å². The maximum Gasteiger partial charge on any atom is 0.328 e. The van der Waals surface area contributed by atoms with Gasteiger partial charge in [-0.25, -0.2) is 9.59 Å². The number of carbonyl (C=O) groups is 2. The number of rotatable bonds is 2. The van der Waals surface area contributed by atoms with Gasteiger partial charge in [-0.3, -0.25) is 0 Å². The Morgan fingerprint density at radius 3 is 1.17 bits per heavy atom. The van der Waals surface area contributed by atoms with E-state index in [1.807, 2.05) is 0 Å². The summed E-state index contributed by atoms with van der Waals surface area (Å²) in [5.41, 5.74) is 0. The molecule has 0 amide bonds. The molecular weight excluding hydrogens is 191 g/mol. The number of hydrogen-bond donors (Lipinski definition) is 5. The number of carboxylic acid groups (broad SMARTS) is 2. The first-order chi connectivity index (χ1) is 5.36. The van der Waals surface area contributed by atoms with Crippen LogP contribution in [-0.2, 0) is 9.59 Å². The molecule has 0 atom stereocenters. The summed E-state index contributed by atoms with van der Waals surface area (Å²) in [5.74, 6) is -2.51. The molecule has 0 spiro atoms. The third-order valence-electron chi connectivity index (χ3n) is 0.368. The summed E-state index contributed by atoms with van der Waals surface area (Å²) >= 11 is 0. The highest BCUT2D eigenvalue weighted by Crippen LogP contribution is 2.11. The van der Waals surface area contributed by atoms with E-state index >= 15 is 0 Å². The summed E-state index contributed by atoms with van der Waals surface area (Å²) in [5, 5.41) is 15.6. The van der Waals surface area contributed by atoms with E-state index in [1.165, 1.54) is 0 Å². The van der Waals surface area contributed by atoms with Gasteiger partial charge in [0.15, 0.2) is 0 Å². The monoisotopic (exact) mass is 198 g/mol. The fourth-order valence-electron chi connectivity index (χ4n) is 0.143. The molecule has 0 aromatic carbocycles. The fourth-order valence-corrected chi connectivity index (χ4v) is 0.143. The second-order valence-corrected chi connectivity index (χ2v) is 1.81. The van der Waals surface area contributed by atoms with Crippen molar-refractivity contribution in [1.82, 2.24) is 0 Å². The standard InChI is InChI=1S/C4H4O4.H3O3P/c5-3(6)1-2-4(7)8;1-4(2)3/h1-2H,(H,5,6)(H,7,8);1-3H/b2-1-;. The first-order valence-electron chi connectivity index (χ1n) is 2.37. The van der Waals surface area contributed by atoms with Crippen LogP contribution in [0.2, 0.25) is 0 Å². The normalized spacial score (nSPS) is 9.33. The van der Waals surface area contributed by atoms with Crippen LogP contribution in [0.4, 0.5) is 0 Å².